The van der Waals surface area contributed by atoms with Crippen molar-refractivity contribution in [2.24, 2.45) is 4.99 Å². The summed E-state index contributed by atoms with van der Waals surface area (Å²) in [6, 6.07) is 5.85. The number of rotatable bonds is 5. The molecular weight excluding hydrogens is 226 g/mol. The summed E-state index contributed by atoms with van der Waals surface area (Å²) in [6.07, 6.45) is 1.42. The van der Waals surface area contributed by atoms with Crippen molar-refractivity contribution >= 4 is 17.8 Å². The van der Waals surface area contributed by atoms with Crippen LogP contribution >= 0.6 is 11.6 Å². The van der Waals surface area contributed by atoms with E-state index in [0.717, 1.165) is 11.1 Å². The zero-order valence-electron chi connectivity index (χ0n) is 9.74. The Hall–Kier alpha value is -0.900. The molecule has 16 heavy (non-hydrogen) atoms. The highest BCUT2D eigenvalue weighted by Crippen LogP contribution is 2.15. The normalized spacial score (nSPS) is 11.6. The van der Waals surface area contributed by atoms with Gasteiger partial charge >= 0.3 is 0 Å². The van der Waals surface area contributed by atoms with Crippen LogP contribution in [0.15, 0.2) is 23.2 Å². The average Bonchev–Trinajstić information content (AvgIpc) is 2.27. The third kappa shape index (κ3) is 3.93. The fourth-order valence-corrected chi connectivity index (χ4v) is 1.50. The number of aryl methyl sites for hydroxylation is 1. The third-order valence-corrected chi connectivity index (χ3v) is 2.49. The number of aliphatic imine (C=N–C) groups is 1. The molecule has 1 rings (SSSR count). The fourth-order valence-electron chi connectivity index (χ4n) is 1.22. The zero-order chi connectivity index (χ0) is 12.0. The van der Waals surface area contributed by atoms with Gasteiger partial charge in [0.05, 0.1) is 6.54 Å². The van der Waals surface area contributed by atoms with Crippen molar-refractivity contribution in [1.82, 2.24) is 0 Å². The standard InChI is InChI=1S/C12H16ClNO2/c1-9-4-5-10(11(13)6-9)7-14-8-12(15-2)16-3/h4-7,12H,8H2,1-3H3/b14-7+. The highest BCUT2D eigenvalue weighted by Gasteiger charge is 2.02. The lowest BCUT2D eigenvalue weighted by Crippen LogP contribution is -2.16. The quantitative estimate of drug-likeness (QED) is 0.586. The summed E-state index contributed by atoms with van der Waals surface area (Å²) < 4.78 is 10.0. The van der Waals surface area contributed by atoms with Crippen LogP contribution in [0.5, 0.6) is 0 Å². The van der Waals surface area contributed by atoms with Crippen molar-refractivity contribution < 1.29 is 9.47 Å². The minimum absolute atomic E-state index is 0.305. The molecule has 0 aliphatic rings. The molecule has 88 valence electrons. The van der Waals surface area contributed by atoms with Gasteiger partial charge in [-0.15, -0.1) is 0 Å². The van der Waals surface area contributed by atoms with Crippen molar-refractivity contribution in [2.75, 3.05) is 20.8 Å². The van der Waals surface area contributed by atoms with Gasteiger partial charge in [0, 0.05) is 31.0 Å². The average molecular weight is 242 g/mol. The Morgan fingerprint density at radius 2 is 2.06 bits per heavy atom. The van der Waals surface area contributed by atoms with Gasteiger partial charge in [-0.2, -0.15) is 0 Å². The maximum absolute atomic E-state index is 6.06. The molecule has 0 atom stereocenters. The smallest absolute Gasteiger partial charge is 0.176 e. The van der Waals surface area contributed by atoms with E-state index in [4.69, 9.17) is 21.1 Å². The number of hydrogen-bond acceptors (Lipinski definition) is 3. The summed E-state index contributed by atoms with van der Waals surface area (Å²) in [7, 11) is 3.17. The summed E-state index contributed by atoms with van der Waals surface area (Å²) in [5, 5.41) is 0.704. The predicted octanol–water partition coefficient (Wildman–Crippen LogP) is 2.69. The number of methoxy groups -OCH3 is 2. The second kappa shape index (κ2) is 6.63. The molecule has 1 aromatic rings. The summed E-state index contributed by atoms with van der Waals surface area (Å²) in [5.74, 6) is 0. The molecule has 0 radical (unpaired) electrons. The molecule has 4 heteroatoms. The van der Waals surface area contributed by atoms with E-state index in [9.17, 15) is 0 Å². The first kappa shape index (κ1) is 13.2. The molecule has 0 saturated heterocycles. The van der Waals surface area contributed by atoms with E-state index in [-0.39, 0.29) is 6.29 Å². The summed E-state index contributed by atoms with van der Waals surface area (Å²) in [5.41, 5.74) is 2.03. The van der Waals surface area contributed by atoms with Crippen LogP contribution in [0.4, 0.5) is 0 Å². The molecule has 0 bridgehead atoms. The summed E-state index contributed by atoms with van der Waals surface area (Å²) in [6.45, 7) is 2.45. The number of halogens is 1. The van der Waals surface area contributed by atoms with Crippen LogP contribution in [-0.2, 0) is 9.47 Å². The fraction of sp³-hybridized carbons (Fsp3) is 0.417. The maximum Gasteiger partial charge on any atom is 0.176 e. The molecule has 0 fully saturated rings. The van der Waals surface area contributed by atoms with Crippen LogP contribution in [0.1, 0.15) is 11.1 Å². The molecule has 1 aromatic carbocycles. The Labute approximate surface area is 101 Å². The number of hydrogen-bond donors (Lipinski definition) is 0. The van der Waals surface area contributed by atoms with Gasteiger partial charge in [0.15, 0.2) is 6.29 Å². The van der Waals surface area contributed by atoms with E-state index in [1.165, 1.54) is 0 Å². The van der Waals surface area contributed by atoms with Crippen LogP contribution < -0.4 is 0 Å². The Kier molecular flexibility index (Phi) is 5.46. The van der Waals surface area contributed by atoms with Crippen molar-refractivity contribution in [3.05, 3.63) is 34.3 Å². The molecule has 0 spiro atoms. The SMILES string of the molecule is COC(C/N=C/c1ccc(C)cc1Cl)OC. The van der Waals surface area contributed by atoms with Gasteiger partial charge in [-0.1, -0.05) is 23.7 Å². The van der Waals surface area contributed by atoms with Crippen LogP contribution in [0.3, 0.4) is 0 Å². The van der Waals surface area contributed by atoms with Crippen LogP contribution in [0.2, 0.25) is 5.02 Å². The first-order chi connectivity index (χ1) is 7.67. The maximum atomic E-state index is 6.06. The minimum Gasteiger partial charge on any atom is -0.354 e. The molecule has 0 aromatic heterocycles. The lowest BCUT2D eigenvalue weighted by atomic mass is 10.2. The van der Waals surface area contributed by atoms with E-state index in [1.54, 1.807) is 20.4 Å². The molecule has 0 unspecified atom stereocenters. The van der Waals surface area contributed by atoms with Crippen molar-refractivity contribution in [1.29, 1.82) is 0 Å². The Morgan fingerprint density at radius 1 is 1.38 bits per heavy atom. The van der Waals surface area contributed by atoms with Gasteiger partial charge in [0.1, 0.15) is 0 Å². The van der Waals surface area contributed by atoms with Crippen LogP contribution in [0, 0.1) is 6.92 Å². The lowest BCUT2D eigenvalue weighted by Gasteiger charge is -2.09. The zero-order valence-corrected chi connectivity index (χ0v) is 10.5. The van der Waals surface area contributed by atoms with E-state index in [1.807, 2.05) is 25.1 Å². The Balaban J connectivity index is 2.62. The van der Waals surface area contributed by atoms with Gasteiger partial charge in [-0.3, -0.25) is 4.99 Å². The van der Waals surface area contributed by atoms with Gasteiger partial charge in [0.2, 0.25) is 0 Å². The van der Waals surface area contributed by atoms with Crippen molar-refractivity contribution in [2.45, 2.75) is 13.2 Å². The van der Waals surface area contributed by atoms with Gasteiger partial charge in [0.25, 0.3) is 0 Å². The molecule has 0 aliphatic carbocycles. The molecule has 0 saturated carbocycles. The van der Waals surface area contributed by atoms with E-state index in [0.29, 0.717) is 11.6 Å². The van der Waals surface area contributed by atoms with E-state index in [2.05, 4.69) is 4.99 Å². The van der Waals surface area contributed by atoms with Gasteiger partial charge < -0.3 is 9.47 Å². The topological polar surface area (TPSA) is 30.8 Å². The molecule has 0 aliphatic heterocycles. The van der Waals surface area contributed by atoms with Crippen LogP contribution in [-0.4, -0.2) is 33.3 Å². The highest BCUT2D eigenvalue weighted by molar-refractivity contribution is 6.33. The molecule has 0 amide bonds. The monoisotopic (exact) mass is 241 g/mol. The van der Waals surface area contributed by atoms with E-state index >= 15 is 0 Å². The molecule has 0 heterocycles. The number of nitrogens with zero attached hydrogens (tertiary/aromatic N) is 1. The first-order valence-electron chi connectivity index (χ1n) is 4.99. The number of ether oxygens (including phenoxy) is 2. The highest BCUT2D eigenvalue weighted by atomic mass is 35.5. The van der Waals surface area contributed by atoms with Gasteiger partial charge in [-0.25, -0.2) is 0 Å². The largest absolute Gasteiger partial charge is 0.354 e. The Morgan fingerprint density at radius 3 is 2.62 bits per heavy atom. The minimum atomic E-state index is -0.305. The van der Waals surface area contributed by atoms with Crippen molar-refractivity contribution in [3.63, 3.8) is 0 Å². The molecule has 0 N–H and O–H groups in total. The summed E-state index contributed by atoms with van der Waals surface area (Å²) in [4.78, 5) is 4.21. The predicted molar refractivity (Wildman–Crippen MR) is 66.5 cm³/mol. The first-order valence-corrected chi connectivity index (χ1v) is 5.36. The van der Waals surface area contributed by atoms with Gasteiger partial charge in [-0.05, 0) is 18.6 Å². The van der Waals surface area contributed by atoms with Crippen LogP contribution in [0.25, 0.3) is 0 Å². The van der Waals surface area contributed by atoms with Crippen molar-refractivity contribution in [3.8, 4) is 0 Å². The lowest BCUT2D eigenvalue weighted by molar-refractivity contribution is -0.0936. The summed E-state index contributed by atoms with van der Waals surface area (Å²) >= 11 is 6.06. The molecule has 3 nitrogen and oxygen atoms in total. The van der Waals surface area contributed by atoms with E-state index < -0.39 is 0 Å². The third-order valence-electron chi connectivity index (χ3n) is 2.17. The Bertz CT molecular complexity index is 362. The number of benzene rings is 1. The molecular formula is C12H16ClNO2. The second-order valence-corrected chi connectivity index (χ2v) is 3.83. The second-order valence-electron chi connectivity index (χ2n) is 3.42.